The van der Waals surface area contributed by atoms with Crippen molar-refractivity contribution in [1.82, 2.24) is 9.80 Å². The largest absolute Gasteiger partial charge is 0.336 e. The third-order valence-corrected chi connectivity index (χ3v) is 3.63. The van der Waals surface area contributed by atoms with Crippen molar-refractivity contribution in [2.45, 2.75) is 0 Å². The van der Waals surface area contributed by atoms with Gasteiger partial charge in [-0.3, -0.25) is 9.69 Å². The van der Waals surface area contributed by atoms with Gasteiger partial charge in [-0.1, -0.05) is 29.3 Å². The minimum atomic E-state index is 0.0733. The van der Waals surface area contributed by atoms with Crippen molar-refractivity contribution >= 4 is 29.1 Å². The molecule has 3 nitrogen and oxygen atoms in total. The summed E-state index contributed by atoms with van der Waals surface area (Å²) in [5.41, 5.74) is 2.23. The number of rotatable bonds is 3. The number of hydrogen-bond donors (Lipinski definition) is 0. The summed E-state index contributed by atoms with van der Waals surface area (Å²) in [5, 5.41) is 0.647. The van der Waals surface area contributed by atoms with Crippen LogP contribution in [0.25, 0.3) is 0 Å². The molecule has 1 fully saturated rings. The van der Waals surface area contributed by atoms with E-state index in [1.807, 2.05) is 11.0 Å². The maximum atomic E-state index is 12.3. The predicted molar refractivity (Wildman–Crippen MR) is 78.8 cm³/mol. The summed E-state index contributed by atoms with van der Waals surface area (Å²) in [6.07, 6.45) is 1.91. The van der Waals surface area contributed by atoms with E-state index >= 15 is 0 Å². The smallest absolute Gasteiger partial charge is 0.253 e. The van der Waals surface area contributed by atoms with Gasteiger partial charge < -0.3 is 4.90 Å². The number of carbonyl (C=O) groups is 1. The maximum Gasteiger partial charge on any atom is 0.253 e. The van der Waals surface area contributed by atoms with Gasteiger partial charge in [0.25, 0.3) is 5.91 Å². The molecule has 1 aromatic rings. The van der Waals surface area contributed by atoms with Gasteiger partial charge in [-0.05, 0) is 24.3 Å². The summed E-state index contributed by atoms with van der Waals surface area (Å²) in [5.74, 6) is 0.0733. The fraction of sp³-hybridized carbons (Fsp3) is 0.357. The summed E-state index contributed by atoms with van der Waals surface area (Å²) in [6.45, 7) is 4.09. The SMILES string of the molecule is O=C(c1ccc(Cl)cc1)N1CCN(C/C=C/Cl)CC1. The maximum absolute atomic E-state index is 12.3. The average molecular weight is 299 g/mol. The molecular weight excluding hydrogens is 283 g/mol. The Bertz CT molecular complexity index is 451. The zero-order valence-corrected chi connectivity index (χ0v) is 12.1. The van der Waals surface area contributed by atoms with E-state index in [-0.39, 0.29) is 5.91 Å². The molecule has 1 heterocycles. The molecule has 0 bridgehead atoms. The number of piperazine rings is 1. The molecule has 2 rings (SSSR count). The van der Waals surface area contributed by atoms with Gasteiger partial charge in [-0.25, -0.2) is 0 Å². The van der Waals surface area contributed by atoms with E-state index in [2.05, 4.69) is 4.90 Å². The van der Waals surface area contributed by atoms with Gasteiger partial charge in [0, 0.05) is 48.8 Å². The summed E-state index contributed by atoms with van der Waals surface area (Å²) in [4.78, 5) is 16.4. The standard InChI is InChI=1S/C14H16Cl2N2O/c15-6-1-7-17-8-10-18(11-9-17)14(19)12-2-4-13(16)5-3-12/h1-6H,7-11H2/b6-1+. The molecule has 1 aromatic carbocycles. The molecule has 1 aliphatic rings. The van der Waals surface area contributed by atoms with Gasteiger partial charge >= 0.3 is 0 Å². The van der Waals surface area contributed by atoms with Crippen LogP contribution in [-0.4, -0.2) is 48.4 Å². The topological polar surface area (TPSA) is 23.6 Å². The highest BCUT2D eigenvalue weighted by Crippen LogP contribution is 2.13. The lowest BCUT2D eigenvalue weighted by Gasteiger charge is -2.34. The van der Waals surface area contributed by atoms with E-state index < -0.39 is 0 Å². The monoisotopic (exact) mass is 298 g/mol. The fourth-order valence-corrected chi connectivity index (χ4v) is 2.30. The van der Waals surface area contributed by atoms with Crippen LogP contribution in [0.3, 0.4) is 0 Å². The Labute approximate surface area is 123 Å². The number of hydrogen-bond acceptors (Lipinski definition) is 2. The van der Waals surface area contributed by atoms with Crippen LogP contribution < -0.4 is 0 Å². The van der Waals surface area contributed by atoms with Crippen molar-refractivity contribution in [2.24, 2.45) is 0 Å². The third-order valence-electron chi connectivity index (χ3n) is 3.20. The lowest BCUT2D eigenvalue weighted by atomic mass is 10.2. The van der Waals surface area contributed by atoms with Crippen LogP contribution in [0.2, 0.25) is 5.02 Å². The van der Waals surface area contributed by atoms with E-state index in [0.29, 0.717) is 10.6 Å². The van der Waals surface area contributed by atoms with Gasteiger partial charge in [0.1, 0.15) is 0 Å². The molecule has 19 heavy (non-hydrogen) atoms. The van der Waals surface area contributed by atoms with E-state index in [0.717, 1.165) is 32.7 Å². The number of carbonyl (C=O) groups excluding carboxylic acids is 1. The van der Waals surface area contributed by atoms with Crippen LogP contribution in [-0.2, 0) is 0 Å². The first-order valence-corrected chi connectivity index (χ1v) is 7.04. The minimum Gasteiger partial charge on any atom is -0.336 e. The van der Waals surface area contributed by atoms with E-state index in [9.17, 15) is 4.79 Å². The molecule has 1 saturated heterocycles. The predicted octanol–water partition coefficient (Wildman–Crippen LogP) is 2.85. The molecule has 0 saturated carbocycles. The number of halogens is 2. The second-order valence-corrected chi connectivity index (χ2v) is 5.15. The molecule has 0 radical (unpaired) electrons. The molecule has 0 unspecified atom stereocenters. The first-order valence-electron chi connectivity index (χ1n) is 6.23. The zero-order valence-electron chi connectivity index (χ0n) is 10.6. The van der Waals surface area contributed by atoms with Crippen LogP contribution in [0.15, 0.2) is 35.9 Å². The molecule has 0 atom stereocenters. The van der Waals surface area contributed by atoms with E-state index in [1.54, 1.807) is 24.3 Å². The number of nitrogens with zero attached hydrogens (tertiary/aromatic N) is 2. The van der Waals surface area contributed by atoms with Crippen LogP contribution in [0.4, 0.5) is 0 Å². The molecule has 0 spiro atoms. The van der Waals surface area contributed by atoms with Crippen molar-refractivity contribution in [3.05, 3.63) is 46.5 Å². The molecule has 0 aliphatic carbocycles. The van der Waals surface area contributed by atoms with Crippen molar-refractivity contribution in [2.75, 3.05) is 32.7 Å². The van der Waals surface area contributed by atoms with Crippen LogP contribution >= 0.6 is 23.2 Å². The van der Waals surface area contributed by atoms with Crippen LogP contribution in [0.5, 0.6) is 0 Å². The Morgan fingerprint density at radius 3 is 2.37 bits per heavy atom. The number of amides is 1. The van der Waals surface area contributed by atoms with Gasteiger partial charge in [-0.2, -0.15) is 0 Å². The summed E-state index contributed by atoms with van der Waals surface area (Å²) >= 11 is 11.3. The minimum absolute atomic E-state index is 0.0733. The highest BCUT2D eigenvalue weighted by atomic mass is 35.5. The quantitative estimate of drug-likeness (QED) is 0.857. The van der Waals surface area contributed by atoms with Crippen molar-refractivity contribution in [1.29, 1.82) is 0 Å². The van der Waals surface area contributed by atoms with Gasteiger partial charge in [-0.15, -0.1) is 0 Å². The molecule has 5 heteroatoms. The Morgan fingerprint density at radius 1 is 1.16 bits per heavy atom. The first-order chi connectivity index (χ1) is 9.20. The third kappa shape index (κ3) is 3.96. The second-order valence-electron chi connectivity index (χ2n) is 4.46. The number of benzene rings is 1. The Kier molecular flexibility index (Phi) is 5.25. The molecule has 0 N–H and O–H groups in total. The Morgan fingerprint density at radius 2 is 1.79 bits per heavy atom. The normalized spacial score (nSPS) is 17.1. The lowest BCUT2D eigenvalue weighted by molar-refractivity contribution is 0.0650. The summed E-state index contributed by atoms with van der Waals surface area (Å²) in [6, 6.07) is 7.03. The van der Waals surface area contributed by atoms with Crippen molar-refractivity contribution < 1.29 is 4.79 Å². The lowest BCUT2D eigenvalue weighted by Crippen LogP contribution is -2.48. The summed E-state index contributed by atoms with van der Waals surface area (Å²) < 4.78 is 0. The van der Waals surface area contributed by atoms with E-state index in [4.69, 9.17) is 23.2 Å². The van der Waals surface area contributed by atoms with Crippen molar-refractivity contribution in [3.8, 4) is 0 Å². The second kappa shape index (κ2) is 6.94. The first kappa shape index (κ1) is 14.4. The van der Waals surface area contributed by atoms with Gasteiger partial charge in [0.2, 0.25) is 0 Å². The molecule has 1 amide bonds. The molecule has 1 aliphatic heterocycles. The van der Waals surface area contributed by atoms with Crippen molar-refractivity contribution in [3.63, 3.8) is 0 Å². The van der Waals surface area contributed by atoms with Gasteiger partial charge in [0.05, 0.1) is 0 Å². The zero-order chi connectivity index (χ0) is 13.7. The Balaban J connectivity index is 1.90. The highest BCUT2D eigenvalue weighted by molar-refractivity contribution is 6.30. The van der Waals surface area contributed by atoms with Crippen LogP contribution in [0.1, 0.15) is 10.4 Å². The average Bonchev–Trinajstić information content (AvgIpc) is 2.46. The van der Waals surface area contributed by atoms with Gasteiger partial charge in [0.15, 0.2) is 0 Å². The highest BCUT2D eigenvalue weighted by Gasteiger charge is 2.21. The molecule has 0 aromatic heterocycles. The molecule has 102 valence electrons. The van der Waals surface area contributed by atoms with E-state index in [1.165, 1.54) is 5.54 Å². The summed E-state index contributed by atoms with van der Waals surface area (Å²) in [7, 11) is 0. The Hall–Kier alpha value is -1.03. The fourth-order valence-electron chi connectivity index (χ4n) is 2.10. The molecular formula is C14H16Cl2N2O. The van der Waals surface area contributed by atoms with Crippen LogP contribution in [0, 0.1) is 0 Å².